The van der Waals surface area contributed by atoms with Crippen LogP contribution in [0.1, 0.15) is 30.4 Å². The summed E-state index contributed by atoms with van der Waals surface area (Å²) in [5.74, 6) is 0.508. The summed E-state index contributed by atoms with van der Waals surface area (Å²) in [5.41, 5.74) is 7.71. The van der Waals surface area contributed by atoms with E-state index in [0.717, 1.165) is 12.8 Å². The van der Waals surface area contributed by atoms with Crippen LogP contribution < -0.4 is 10.5 Å². The van der Waals surface area contributed by atoms with Crippen LogP contribution in [0.2, 0.25) is 0 Å². The molecular formula is C13H20N2O2S. The van der Waals surface area contributed by atoms with Gasteiger partial charge in [-0.15, -0.1) is 0 Å². The predicted molar refractivity (Wildman–Crippen MR) is 72.9 cm³/mol. The van der Waals surface area contributed by atoms with E-state index < -0.39 is 10.0 Å². The molecule has 0 aromatic heterocycles. The fourth-order valence-corrected chi connectivity index (χ4v) is 3.97. The Morgan fingerprint density at radius 1 is 1.28 bits per heavy atom. The third-order valence-electron chi connectivity index (χ3n) is 3.54. The Balaban J connectivity index is 2.23. The molecule has 1 fully saturated rings. The van der Waals surface area contributed by atoms with E-state index in [-0.39, 0.29) is 0 Å². The highest BCUT2D eigenvalue weighted by Gasteiger charge is 2.23. The minimum atomic E-state index is -3.42. The van der Waals surface area contributed by atoms with Gasteiger partial charge in [0.2, 0.25) is 10.0 Å². The molecule has 4 nitrogen and oxygen atoms in total. The molecule has 0 spiro atoms. The first-order chi connectivity index (χ1) is 8.40. The van der Waals surface area contributed by atoms with Crippen molar-refractivity contribution in [2.24, 2.45) is 5.92 Å². The fraction of sp³-hybridized carbons (Fsp3) is 0.538. The Bertz CT molecular complexity index is 525. The summed E-state index contributed by atoms with van der Waals surface area (Å²) in [7, 11) is -3.42. The highest BCUT2D eigenvalue weighted by molar-refractivity contribution is 7.89. The molecule has 3 N–H and O–H groups in total. The van der Waals surface area contributed by atoms with E-state index in [1.807, 2.05) is 0 Å². The van der Waals surface area contributed by atoms with Crippen LogP contribution in [0, 0.1) is 19.8 Å². The zero-order valence-electron chi connectivity index (χ0n) is 10.9. The molecule has 0 atom stereocenters. The van der Waals surface area contributed by atoms with Crippen molar-refractivity contribution in [3.63, 3.8) is 0 Å². The average molecular weight is 268 g/mol. The number of nitrogen functional groups attached to an aromatic ring is 1. The van der Waals surface area contributed by atoms with Gasteiger partial charge in [-0.1, -0.05) is 6.42 Å². The van der Waals surface area contributed by atoms with Crippen molar-refractivity contribution in [3.05, 3.63) is 23.3 Å². The van der Waals surface area contributed by atoms with Crippen LogP contribution >= 0.6 is 0 Å². The Morgan fingerprint density at radius 2 is 1.83 bits per heavy atom. The van der Waals surface area contributed by atoms with Crippen LogP contribution in [0.5, 0.6) is 0 Å². The molecule has 1 aliphatic rings. The van der Waals surface area contributed by atoms with Gasteiger partial charge < -0.3 is 5.73 Å². The minimum Gasteiger partial charge on any atom is -0.399 e. The molecule has 18 heavy (non-hydrogen) atoms. The Hall–Kier alpha value is -1.07. The number of hydrogen-bond acceptors (Lipinski definition) is 3. The molecule has 0 unspecified atom stereocenters. The molecule has 0 saturated heterocycles. The first kappa shape index (κ1) is 13.4. The Kier molecular flexibility index (Phi) is 3.64. The van der Waals surface area contributed by atoms with Crippen molar-refractivity contribution in [3.8, 4) is 0 Å². The first-order valence-electron chi connectivity index (χ1n) is 6.26. The molecule has 100 valence electrons. The Morgan fingerprint density at radius 3 is 2.28 bits per heavy atom. The van der Waals surface area contributed by atoms with E-state index in [9.17, 15) is 8.42 Å². The molecular weight excluding hydrogens is 248 g/mol. The predicted octanol–water partition coefficient (Wildman–Crippen LogP) is 1.96. The maximum Gasteiger partial charge on any atom is 0.241 e. The van der Waals surface area contributed by atoms with Crippen LogP contribution in [-0.2, 0) is 10.0 Å². The number of sulfonamides is 1. The number of rotatable bonds is 4. The summed E-state index contributed by atoms with van der Waals surface area (Å²) in [5, 5.41) is 0. The lowest BCUT2D eigenvalue weighted by molar-refractivity contribution is 0.316. The lowest BCUT2D eigenvalue weighted by atomic mass is 9.86. The van der Waals surface area contributed by atoms with Crippen molar-refractivity contribution >= 4 is 15.7 Å². The van der Waals surface area contributed by atoms with Gasteiger partial charge in [0.15, 0.2) is 0 Å². The third-order valence-corrected chi connectivity index (χ3v) is 5.27. The van der Waals surface area contributed by atoms with Crippen molar-refractivity contribution in [1.29, 1.82) is 0 Å². The maximum absolute atomic E-state index is 12.3. The van der Waals surface area contributed by atoms with E-state index in [1.165, 1.54) is 6.42 Å². The summed E-state index contributed by atoms with van der Waals surface area (Å²) in [6, 6.07) is 3.40. The Labute approximate surface area is 109 Å². The van der Waals surface area contributed by atoms with Crippen molar-refractivity contribution < 1.29 is 8.42 Å². The smallest absolute Gasteiger partial charge is 0.241 e. The normalized spacial score (nSPS) is 16.6. The second-order valence-electron chi connectivity index (χ2n) is 5.13. The fourth-order valence-electron chi connectivity index (χ4n) is 2.40. The topological polar surface area (TPSA) is 72.2 Å². The maximum atomic E-state index is 12.3. The molecule has 0 heterocycles. The van der Waals surface area contributed by atoms with Crippen molar-refractivity contribution in [2.75, 3.05) is 12.3 Å². The van der Waals surface area contributed by atoms with E-state index in [0.29, 0.717) is 34.2 Å². The standard InChI is InChI=1S/C13H20N2O2S/c1-9-6-12(14)7-10(2)13(9)18(16,17)15-8-11-4-3-5-11/h6-7,11,15H,3-5,8,14H2,1-2H3. The van der Waals surface area contributed by atoms with Crippen LogP contribution in [0.25, 0.3) is 0 Å². The highest BCUT2D eigenvalue weighted by atomic mass is 32.2. The first-order valence-corrected chi connectivity index (χ1v) is 7.75. The molecule has 0 amide bonds. The summed E-state index contributed by atoms with van der Waals surface area (Å²) < 4.78 is 27.3. The SMILES string of the molecule is Cc1cc(N)cc(C)c1S(=O)(=O)NCC1CCC1. The van der Waals surface area contributed by atoms with Crippen LogP contribution in [0.15, 0.2) is 17.0 Å². The molecule has 1 aromatic rings. The number of nitrogens with one attached hydrogen (secondary N) is 1. The van der Waals surface area contributed by atoms with Gasteiger partial charge in [0.1, 0.15) is 0 Å². The van der Waals surface area contributed by atoms with E-state index in [4.69, 9.17) is 5.73 Å². The van der Waals surface area contributed by atoms with E-state index >= 15 is 0 Å². The zero-order chi connectivity index (χ0) is 13.3. The quantitative estimate of drug-likeness (QED) is 0.820. The number of anilines is 1. The molecule has 0 bridgehead atoms. The van der Waals surface area contributed by atoms with Crippen LogP contribution in [0.3, 0.4) is 0 Å². The van der Waals surface area contributed by atoms with Gasteiger partial charge in [0, 0.05) is 12.2 Å². The monoisotopic (exact) mass is 268 g/mol. The van der Waals surface area contributed by atoms with E-state index in [1.54, 1.807) is 26.0 Å². The zero-order valence-corrected chi connectivity index (χ0v) is 11.7. The summed E-state index contributed by atoms with van der Waals surface area (Å²) >= 11 is 0. The summed E-state index contributed by atoms with van der Waals surface area (Å²) in [6.45, 7) is 4.11. The minimum absolute atomic E-state index is 0.371. The number of hydrogen-bond donors (Lipinski definition) is 2. The second-order valence-corrected chi connectivity index (χ2v) is 6.84. The number of nitrogens with two attached hydrogens (primary N) is 1. The molecule has 0 radical (unpaired) electrons. The summed E-state index contributed by atoms with van der Waals surface area (Å²) in [6.07, 6.45) is 3.47. The van der Waals surface area contributed by atoms with Gasteiger partial charge in [0.05, 0.1) is 4.90 Å². The van der Waals surface area contributed by atoms with Gasteiger partial charge >= 0.3 is 0 Å². The molecule has 5 heteroatoms. The van der Waals surface area contributed by atoms with Crippen molar-refractivity contribution in [1.82, 2.24) is 4.72 Å². The highest BCUT2D eigenvalue weighted by Crippen LogP contribution is 2.27. The van der Waals surface area contributed by atoms with Gasteiger partial charge in [-0.2, -0.15) is 0 Å². The van der Waals surface area contributed by atoms with Gasteiger partial charge in [-0.05, 0) is 55.9 Å². The molecule has 1 aromatic carbocycles. The molecule has 0 aliphatic heterocycles. The van der Waals surface area contributed by atoms with Crippen LogP contribution in [-0.4, -0.2) is 15.0 Å². The largest absolute Gasteiger partial charge is 0.399 e. The van der Waals surface area contributed by atoms with E-state index in [2.05, 4.69) is 4.72 Å². The molecule has 1 saturated carbocycles. The lowest BCUT2D eigenvalue weighted by Crippen LogP contribution is -2.33. The van der Waals surface area contributed by atoms with Gasteiger partial charge in [0.25, 0.3) is 0 Å². The molecule has 1 aliphatic carbocycles. The van der Waals surface area contributed by atoms with Crippen molar-refractivity contribution in [2.45, 2.75) is 38.0 Å². The van der Waals surface area contributed by atoms with Crippen LogP contribution in [0.4, 0.5) is 5.69 Å². The second kappa shape index (κ2) is 4.90. The number of aryl methyl sites for hydroxylation is 2. The third kappa shape index (κ3) is 2.67. The lowest BCUT2D eigenvalue weighted by Gasteiger charge is -2.25. The molecule has 2 rings (SSSR count). The average Bonchev–Trinajstić information content (AvgIpc) is 2.11. The van der Waals surface area contributed by atoms with Gasteiger partial charge in [-0.3, -0.25) is 0 Å². The van der Waals surface area contributed by atoms with Gasteiger partial charge in [-0.25, -0.2) is 13.1 Å². The number of benzene rings is 1. The summed E-state index contributed by atoms with van der Waals surface area (Å²) in [4.78, 5) is 0.371.